The first-order valence-electron chi connectivity index (χ1n) is 5.84. The van der Waals surface area contributed by atoms with Gasteiger partial charge in [-0.25, -0.2) is 14.3 Å². The van der Waals surface area contributed by atoms with E-state index in [4.69, 9.17) is 5.11 Å². The van der Waals surface area contributed by atoms with Crippen LogP contribution in [-0.4, -0.2) is 20.8 Å². The van der Waals surface area contributed by atoms with Crippen molar-refractivity contribution in [3.05, 3.63) is 53.1 Å². The van der Waals surface area contributed by atoms with Crippen LogP contribution in [0.4, 0.5) is 4.79 Å². The molecule has 4 nitrogen and oxygen atoms in total. The highest BCUT2D eigenvalue weighted by molar-refractivity contribution is 5.67. The van der Waals surface area contributed by atoms with Crippen molar-refractivity contribution in [2.24, 2.45) is 0 Å². The predicted octanol–water partition coefficient (Wildman–Crippen LogP) is 3.18. The lowest BCUT2D eigenvalue weighted by molar-refractivity contribution is 0.196. The number of aromatic nitrogens is 2. The molecule has 0 aliphatic heterocycles. The largest absolute Gasteiger partial charge is 0.464 e. The minimum absolute atomic E-state index is 0.0884. The van der Waals surface area contributed by atoms with Crippen LogP contribution in [0.25, 0.3) is 0 Å². The zero-order valence-corrected chi connectivity index (χ0v) is 10.7. The van der Waals surface area contributed by atoms with Crippen LogP contribution in [0.15, 0.2) is 30.7 Å². The van der Waals surface area contributed by atoms with Gasteiger partial charge in [-0.15, -0.1) is 0 Å². The van der Waals surface area contributed by atoms with Crippen molar-refractivity contribution in [1.82, 2.24) is 9.55 Å². The van der Waals surface area contributed by atoms with Crippen LogP contribution in [0.5, 0.6) is 0 Å². The molecular formula is C14H16N2O2. The number of benzene rings is 1. The van der Waals surface area contributed by atoms with Gasteiger partial charge in [0.25, 0.3) is 0 Å². The van der Waals surface area contributed by atoms with Gasteiger partial charge in [-0.2, -0.15) is 0 Å². The summed E-state index contributed by atoms with van der Waals surface area (Å²) in [5.74, 6) is 0.0884. The van der Waals surface area contributed by atoms with Gasteiger partial charge in [0.15, 0.2) is 0 Å². The fraction of sp³-hybridized carbons (Fsp3) is 0.286. The number of carbonyl (C=O) groups is 1. The highest BCUT2D eigenvalue weighted by Gasteiger charge is 2.15. The third kappa shape index (κ3) is 2.14. The second-order valence-electron chi connectivity index (χ2n) is 4.50. The van der Waals surface area contributed by atoms with Crippen LogP contribution in [0.3, 0.4) is 0 Å². The van der Waals surface area contributed by atoms with E-state index >= 15 is 0 Å². The molecule has 1 aromatic heterocycles. The van der Waals surface area contributed by atoms with Crippen molar-refractivity contribution in [3.8, 4) is 0 Å². The summed E-state index contributed by atoms with van der Waals surface area (Å²) in [6, 6.07) is 6.15. The Balaban J connectivity index is 2.38. The highest BCUT2D eigenvalue weighted by atomic mass is 16.4. The maximum Gasteiger partial charge on any atom is 0.416 e. The van der Waals surface area contributed by atoms with E-state index in [1.807, 2.05) is 13.0 Å². The van der Waals surface area contributed by atoms with Gasteiger partial charge in [-0.3, -0.25) is 0 Å². The molecule has 1 aromatic carbocycles. The number of imidazole rings is 1. The van der Waals surface area contributed by atoms with E-state index in [9.17, 15) is 4.79 Å². The molecule has 4 heteroatoms. The zero-order valence-electron chi connectivity index (χ0n) is 10.7. The summed E-state index contributed by atoms with van der Waals surface area (Å²) in [5, 5.41) is 8.87. The molecule has 1 atom stereocenters. The maximum atomic E-state index is 10.8. The molecule has 1 heterocycles. The molecule has 0 aliphatic rings. The molecule has 2 rings (SSSR count). The third-order valence-electron chi connectivity index (χ3n) is 3.38. The molecule has 0 spiro atoms. The van der Waals surface area contributed by atoms with E-state index in [0.717, 1.165) is 10.3 Å². The van der Waals surface area contributed by atoms with Gasteiger partial charge in [0.2, 0.25) is 0 Å². The van der Waals surface area contributed by atoms with Gasteiger partial charge in [0.1, 0.15) is 6.33 Å². The fourth-order valence-electron chi connectivity index (χ4n) is 2.07. The Morgan fingerprint density at radius 1 is 1.39 bits per heavy atom. The minimum atomic E-state index is -1.01. The molecular weight excluding hydrogens is 228 g/mol. The van der Waals surface area contributed by atoms with Gasteiger partial charge in [0.05, 0.1) is 5.69 Å². The van der Waals surface area contributed by atoms with Gasteiger partial charge < -0.3 is 5.11 Å². The van der Waals surface area contributed by atoms with Gasteiger partial charge in [-0.1, -0.05) is 25.1 Å². The summed E-state index contributed by atoms with van der Waals surface area (Å²) in [4.78, 5) is 15.0. The molecule has 2 aromatic rings. The smallest absolute Gasteiger partial charge is 0.416 e. The first-order chi connectivity index (χ1) is 8.50. The molecule has 0 aliphatic carbocycles. The molecule has 0 bridgehead atoms. The second kappa shape index (κ2) is 4.64. The summed E-state index contributed by atoms with van der Waals surface area (Å²) in [7, 11) is 0. The van der Waals surface area contributed by atoms with Crippen molar-refractivity contribution < 1.29 is 9.90 Å². The molecule has 0 saturated heterocycles. The monoisotopic (exact) mass is 244 g/mol. The van der Waals surface area contributed by atoms with E-state index in [1.165, 1.54) is 23.0 Å². The van der Waals surface area contributed by atoms with E-state index < -0.39 is 6.09 Å². The van der Waals surface area contributed by atoms with Gasteiger partial charge >= 0.3 is 6.09 Å². The highest BCUT2D eigenvalue weighted by Crippen LogP contribution is 2.26. The number of nitrogens with zero attached hydrogens (tertiary/aromatic N) is 2. The van der Waals surface area contributed by atoms with Crippen LogP contribution < -0.4 is 0 Å². The molecule has 1 unspecified atom stereocenters. The minimum Gasteiger partial charge on any atom is -0.464 e. The Morgan fingerprint density at radius 3 is 2.72 bits per heavy atom. The average molecular weight is 244 g/mol. The van der Waals surface area contributed by atoms with E-state index in [2.05, 4.69) is 31.0 Å². The first-order valence-corrected chi connectivity index (χ1v) is 5.84. The molecule has 18 heavy (non-hydrogen) atoms. The van der Waals surface area contributed by atoms with E-state index in [-0.39, 0.29) is 5.92 Å². The Labute approximate surface area is 106 Å². The molecule has 0 radical (unpaired) electrons. The van der Waals surface area contributed by atoms with Crippen molar-refractivity contribution in [2.75, 3.05) is 0 Å². The molecule has 0 fully saturated rings. The first kappa shape index (κ1) is 12.4. The standard InChI is InChI=1S/C14H16N2O2/c1-9-5-4-6-12(10(9)2)11(3)13-7-16(8-15-13)14(17)18/h4-8,11H,1-3H3,(H,17,18). The fourth-order valence-corrected chi connectivity index (χ4v) is 2.07. The number of carboxylic acid groups (broad SMARTS) is 1. The quantitative estimate of drug-likeness (QED) is 0.882. The van der Waals surface area contributed by atoms with E-state index in [0.29, 0.717) is 0 Å². The number of aryl methyl sites for hydroxylation is 1. The van der Waals surface area contributed by atoms with Gasteiger partial charge in [-0.05, 0) is 30.5 Å². The van der Waals surface area contributed by atoms with Crippen molar-refractivity contribution in [3.63, 3.8) is 0 Å². The number of hydrogen-bond donors (Lipinski definition) is 1. The van der Waals surface area contributed by atoms with E-state index in [1.54, 1.807) is 6.20 Å². The lowest BCUT2D eigenvalue weighted by Crippen LogP contribution is -2.05. The van der Waals surface area contributed by atoms with Crippen LogP contribution in [0.1, 0.15) is 35.2 Å². The Morgan fingerprint density at radius 2 is 2.11 bits per heavy atom. The Hall–Kier alpha value is -2.10. The lowest BCUT2D eigenvalue weighted by Gasteiger charge is -2.14. The predicted molar refractivity (Wildman–Crippen MR) is 69.1 cm³/mol. The number of rotatable bonds is 2. The summed E-state index contributed by atoms with van der Waals surface area (Å²) in [6.07, 6.45) is 1.88. The Kier molecular flexibility index (Phi) is 3.19. The normalized spacial score (nSPS) is 12.4. The molecule has 94 valence electrons. The lowest BCUT2D eigenvalue weighted by atomic mass is 9.92. The summed E-state index contributed by atoms with van der Waals surface area (Å²) < 4.78 is 1.08. The molecule has 0 saturated carbocycles. The van der Waals surface area contributed by atoms with Crippen LogP contribution in [0, 0.1) is 13.8 Å². The van der Waals surface area contributed by atoms with Gasteiger partial charge in [0, 0.05) is 12.1 Å². The van der Waals surface area contributed by atoms with Crippen molar-refractivity contribution in [2.45, 2.75) is 26.7 Å². The average Bonchev–Trinajstić information content (AvgIpc) is 2.81. The summed E-state index contributed by atoms with van der Waals surface area (Å²) >= 11 is 0. The summed E-state index contributed by atoms with van der Waals surface area (Å²) in [5.41, 5.74) is 4.42. The Bertz CT molecular complexity index is 587. The second-order valence-corrected chi connectivity index (χ2v) is 4.50. The maximum absolute atomic E-state index is 10.8. The summed E-state index contributed by atoms with van der Waals surface area (Å²) in [6.45, 7) is 6.19. The third-order valence-corrected chi connectivity index (χ3v) is 3.38. The number of hydrogen-bond acceptors (Lipinski definition) is 2. The topological polar surface area (TPSA) is 55.1 Å². The SMILES string of the molecule is Cc1cccc(C(C)c2cn(C(=O)O)cn2)c1C. The molecule has 0 amide bonds. The zero-order chi connectivity index (χ0) is 13.3. The molecule has 1 N–H and O–H groups in total. The van der Waals surface area contributed by atoms with Crippen molar-refractivity contribution >= 4 is 6.09 Å². The van der Waals surface area contributed by atoms with Crippen molar-refractivity contribution in [1.29, 1.82) is 0 Å². The van der Waals surface area contributed by atoms with Crippen LogP contribution >= 0.6 is 0 Å². The van der Waals surface area contributed by atoms with Crippen LogP contribution in [0.2, 0.25) is 0 Å². The van der Waals surface area contributed by atoms with Crippen LogP contribution in [-0.2, 0) is 0 Å².